The minimum absolute atomic E-state index is 0.427. The van der Waals surface area contributed by atoms with Crippen LogP contribution >= 0.6 is 0 Å². The van der Waals surface area contributed by atoms with Gasteiger partial charge in [0.1, 0.15) is 0 Å². The summed E-state index contributed by atoms with van der Waals surface area (Å²) in [6.45, 7) is 6.13. The van der Waals surface area contributed by atoms with E-state index in [0.29, 0.717) is 12.0 Å². The molecule has 2 aromatic rings. The van der Waals surface area contributed by atoms with Crippen LogP contribution in [0.15, 0.2) is 4.52 Å². The van der Waals surface area contributed by atoms with Gasteiger partial charge in [-0.05, 0) is 46.1 Å². The first-order valence-corrected chi connectivity index (χ1v) is 8.20. The molecule has 6 nitrogen and oxygen atoms in total. The highest BCUT2D eigenvalue weighted by Crippen LogP contribution is 2.39. The van der Waals surface area contributed by atoms with Gasteiger partial charge in [0.2, 0.25) is 5.89 Å². The lowest BCUT2D eigenvalue weighted by molar-refractivity contribution is 0.236. The quantitative estimate of drug-likeness (QED) is 0.869. The molecule has 0 amide bonds. The Bertz CT molecular complexity index is 685. The van der Waals surface area contributed by atoms with Crippen LogP contribution in [0.5, 0.6) is 0 Å². The second kappa shape index (κ2) is 5.19. The fourth-order valence-corrected chi connectivity index (χ4v) is 3.62. The maximum atomic E-state index is 5.39. The molecule has 118 valence electrons. The van der Waals surface area contributed by atoms with E-state index in [1.54, 1.807) is 0 Å². The van der Waals surface area contributed by atoms with Gasteiger partial charge in [-0.15, -0.1) is 0 Å². The van der Waals surface area contributed by atoms with Crippen LogP contribution in [0.2, 0.25) is 0 Å². The molecule has 1 aliphatic carbocycles. The van der Waals surface area contributed by atoms with Gasteiger partial charge in [0.25, 0.3) is 0 Å². The number of nitrogens with zero attached hydrogens (tertiary/aromatic N) is 5. The first-order valence-electron chi connectivity index (χ1n) is 8.20. The van der Waals surface area contributed by atoms with E-state index in [-0.39, 0.29) is 0 Å². The van der Waals surface area contributed by atoms with E-state index in [9.17, 15) is 0 Å². The zero-order chi connectivity index (χ0) is 15.3. The minimum Gasteiger partial charge on any atom is -0.339 e. The van der Waals surface area contributed by atoms with E-state index in [1.165, 1.54) is 36.9 Å². The standard InChI is InChI=1S/C16H23N5O/c1-10-15(11(2)20(3)18-10)13-5-4-8-21(13)9-14-17-16(22-19-14)12-6-7-12/h12-13H,4-9H2,1-3H3/t13-/m0/s1. The van der Waals surface area contributed by atoms with Crippen LogP contribution in [0.3, 0.4) is 0 Å². The molecule has 2 aliphatic rings. The van der Waals surface area contributed by atoms with E-state index in [4.69, 9.17) is 4.52 Å². The highest BCUT2D eigenvalue weighted by atomic mass is 16.5. The fraction of sp³-hybridized carbons (Fsp3) is 0.688. The average molecular weight is 301 g/mol. The highest BCUT2D eigenvalue weighted by Gasteiger charge is 2.33. The molecule has 2 aromatic heterocycles. The van der Waals surface area contributed by atoms with Crippen molar-refractivity contribution in [3.63, 3.8) is 0 Å². The molecular weight excluding hydrogens is 278 g/mol. The molecule has 1 atom stereocenters. The molecule has 0 radical (unpaired) electrons. The number of hydrogen-bond acceptors (Lipinski definition) is 5. The number of hydrogen-bond donors (Lipinski definition) is 0. The lowest BCUT2D eigenvalue weighted by Crippen LogP contribution is -2.24. The molecule has 1 aliphatic heterocycles. The third-order valence-corrected chi connectivity index (χ3v) is 5.02. The summed E-state index contributed by atoms with van der Waals surface area (Å²) in [4.78, 5) is 7.04. The molecule has 22 heavy (non-hydrogen) atoms. The Morgan fingerprint density at radius 3 is 2.73 bits per heavy atom. The van der Waals surface area contributed by atoms with Crippen molar-refractivity contribution in [1.29, 1.82) is 0 Å². The second-order valence-electron chi connectivity index (χ2n) is 6.66. The SMILES string of the molecule is Cc1nn(C)c(C)c1[C@@H]1CCCN1Cc1noc(C2CC2)n1. The predicted molar refractivity (Wildman–Crippen MR) is 81.3 cm³/mol. The van der Waals surface area contributed by atoms with Crippen molar-refractivity contribution < 1.29 is 4.52 Å². The number of likely N-dealkylation sites (tertiary alicyclic amines) is 1. The van der Waals surface area contributed by atoms with Gasteiger partial charge in [-0.3, -0.25) is 9.58 Å². The Morgan fingerprint density at radius 2 is 2.05 bits per heavy atom. The van der Waals surface area contributed by atoms with Crippen LogP contribution in [0.1, 0.15) is 66.3 Å². The number of rotatable bonds is 4. The summed E-state index contributed by atoms with van der Waals surface area (Å²) in [5.74, 6) is 2.19. The van der Waals surface area contributed by atoms with Gasteiger partial charge in [0, 0.05) is 30.3 Å². The Balaban J connectivity index is 1.55. The van der Waals surface area contributed by atoms with Crippen LogP contribution < -0.4 is 0 Å². The van der Waals surface area contributed by atoms with Gasteiger partial charge >= 0.3 is 0 Å². The van der Waals surface area contributed by atoms with Crippen molar-refractivity contribution in [1.82, 2.24) is 24.8 Å². The van der Waals surface area contributed by atoms with Crippen molar-refractivity contribution in [3.05, 3.63) is 28.7 Å². The number of aryl methyl sites for hydroxylation is 2. The minimum atomic E-state index is 0.427. The van der Waals surface area contributed by atoms with Crippen LogP contribution in [0, 0.1) is 13.8 Å². The van der Waals surface area contributed by atoms with Gasteiger partial charge in [0.05, 0.1) is 12.2 Å². The maximum Gasteiger partial charge on any atom is 0.229 e. The second-order valence-corrected chi connectivity index (χ2v) is 6.66. The first-order chi connectivity index (χ1) is 10.6. The largest absolute Gasteiger partial charge is 0.339 e. The van der Waals surface area contributed by atoms with Crippen molar-refractivity contribution in [3.8, 4) is 0 Å². The fourth-order valence-electron chi connectivity index (χ4n) is 3.62. The topological polar surface area (TPSA) is 60.0 Å². The summed E-state index contributed by atoms with van der Waals surface area (Å²) in [5, 5.41) is 8.74. The van der Waals surface area contributed by atoms with Crippen LogP contribution in [0.25, 0.3) is 0 Å². The molecule has 1 saturated carbocycles. The molecule has 0 bridgehead atoms. The first kappa shape index (κ1) is 13.9. The highest BCUT2D eigenvalue weighted by molar-refractivity contribution is 5.29. The van der Waals surface area contributed by atoms with Crippen molar-refractivity contribution in [2.75, 3.05) is 6.54 Å². The molecule has 1 saturated heterocycles. The molecule has 0 aromatic carbocycles. The van der Waals surface area contributed by atoms with Crippen LogP contribution in [-0.4, -0.2) is 31.4 Å². The van der Waals surface area contributed by atoms with Gasteiger partial charge in [-0.1, -0.05) is 5.16 Å². The Kier molecular flexibility index (Phi) is 3.29. The molecular formula is C16H23N5O. The van der Waals surface area contributed by atoms with Gasteiger partial charge in [-0.2, -0.15) is 10.1 Å². The predicted octanol–water partition coefficient (Wildman–Crippen LogP) is 2.63. The normalized spacial score (nSPS) is 22.6. The molecule has 6 heteroatoms. The zero-order valence-corrected chi connectivity index (χ0v) is 13.5. The van der Waals surface area contributed by atoms with E-state index < -0.39 is 0 Å². The van der Waals surface area contributed by atoms with Gasteiger partial charge in [0.15, 0.2) is 5.82 Å². The average Bonchev–Trinajstić information content (AvgIpc) is 2.98. The van der Waals surface area contributed by atoms with E-state index in [2.05, 4.69) is 34.0 Å². The van der Waals surface area contributed by atoms with Crippen molar-refractivity contribution >= 4 is 0 Å². The van der Waals surface area contributed by atoms with Crippen LogP contribution in [-0.2, 0) is 13.6 Å². The van der Waals surface area contributed by atoms with Crippen molar-refractivity contribution in [2.24, 2.45) is 7.05 Å². The van der Waals surface area contributed by atoms with E-state index in [1.807, 2.05) is 11.7 Å². The van der Waals surface area contributed by atoms with Crippen LogP contribution in [0.4, 0.5) is 0 Å². The summed E-state index contributed by atoms with van der Waals surface area (Å²) >= 11 is 0. The summed E-state index contributed by atoms with van der Waals surface area (Å²) < 4.78 is 7.37. The lowest BCUT2D eigenvalue weighted by Gasteiger charge is -2.23. The smallest absolute Gasteiger partial charge is 0.229 e. The third kappa shape index (κ3) is 2.35. The summed E-state index contributed by atoms with van der Waals surface area (Å²) in [6, 6.07) is 0.427. The molecule has 3 heterocycles. The Labute approximate surface area is 130 Å². The summed E-state index contributed by atoms with van der Waals surface area (Å²) in [5.41, 5.74) is 3.79. The molecule has 0 N–H and O–H groups in total. The monoisotopic (exact) mass is 301 g/mol. The third-order valence-electron chi connectivity index (χ3n) is 5.02. The molecule has 4 rings (SSSR count). The molecule has 2 fully saturated rings. The lowest BCUT2D eigenvalue weighted by atomic mass is 10.0. The zero-order valence-electron chi connectivity index (χ0n) is 13.5. The van der Waals surface area contributed by atoms with E-state index in [0.717, 1.165) is 30.5 Å². The van der Waals surface area contributed by atoms with Gasteiger partial charge < -0.3 is 4.52 Å². The van der Waals surface area contributed by atoms with E-state index >= 15 is 0 Å². The van der Waals surface area contributed by atoms with Crippen molar-refractivity contribution in [2.45, 2.75) is 58.0 Å². The Hall–Kier alpha value is -1.69. The Morgan fingerprint density at radius 1 is 1.23 bits per heavy atom. The molecule has 0 unspecified atom stereocenters. The maximum absolute atomic E-state index is 5.39. The molecule has 0 spiro atoms. The summed E-state index contributed by atoms with van der Waals surface area (Å²) in [7, 11) is 2.02. The number of aromatic nitrogens is 4. The summed E-state index contributed by atoms with van der Waals surface area (Å²) in [6.07, 6.45) is 4.79. The van der Waals surface area contributed by atoms with Gasteiger partial charge in [-0.25, -0.2) is 0 Å².